The van der Waals surface area contributed by atoms with Crippen LogP contribution in [0.1, 0.15) is 70.2 Å². The molecule has 0 unspecified atom stereocenters. The van der Waals surface area contributed by atoms with Gasteiger partial charge in [-0.1, -0.05) is 48.7 Å². The second-order valence-corrected chi connectivity index (χ2v) is 11.2. The van der Waals surface area contributed by atoms with Crippen LogP contribution in [-0.2, 0) is 28.9 Å². The van der Waals surface area contributed by atoms with Gasteiger partial charge in [-0.15, -0.1) is 11.3 Å². The monoisotopic (exact) mass is 541 g/mol. The Hall–Kier alpha value is -3.71. The zero-order chi connectivity index (χ0) is 27.4. The number of nitrogens with zero attached hydrogens (tertiary/aromatic N) is 2. The maximum atomic E-state index is 13.7. The molecule has 0 aliphatic heterocycles. The number of rotatable bonds is 7. The van der Waals surface area contributed by atoms with Gasteiger partial charge in [0.05, 0.1) is 12.2 Å². The summed E-state index contributed by atoms with van der Waals surface area (Å²) < 4.78 is 7.20. The minimum atomic E-state index is -0.266. The molecule has 6 nitrogen and oxygen atoms in total. The lowest BCUT2D eigenvalue weighted by molar-refractivity contribution is -0.143. The van der Waals surface area contributed by atoms with E-state index in [1.165, 1.54) is 17.7 Å². The normalized spacial score (nSPS) is 13.7. The van der Waals surface area contributed by atoms with E-state index in [9.17, 15) is 9.59 Å². The maximum absolute atomic E-state index is 13.7. The Morgan fingerprint density at radius 2 is 1.77 bits per heavy atom. The first kappa shape index (κ1) is 26.9. The average molecular weight is 542 g/mol. The summed E-state index contributed by atoms with van der Waals surface area (Å²) in [6.45, 7) is 6.34. The average Bonchev–Trinajstić information content (AvgIpc) is 3.38. The number of thiophene rings is 1. The molecule has 5 rings (SSSR count). The van der Waals surface area contributed by atoms with Crippen molar-refractivity contribution in [3.63, 3.8) is 0 Å². The highest BCUT2D eigenvalue weighted by Gasteiger charge is 2.24. The zero-order valence-corrected chi connectivity index (χ0v) is 23.7. The highest BCUT2D eigenvalue weighted by atomic mass is 32.1. The van der Waals surface area contributed by atoms with Crippen LogP contribution in [0, 0.1) is 13.8 Å². The molecule has 2 aromatic carbocycles. The quantitative estimate of drug-likeness (QED) is 0.194. The van der Waals surface area contributed by atoms with E-state index in [4.69, 9.17) is 9.73 Å². The number of amides is 1. The van der Waals surface area contributed by atoms with Gasteiger partial charge in [0.25, 0.3) is 5.91 Å². The second kappa shape index (κ2) is 12.0. The van der Waals surface area contributed by atoms with Gasteiger partial charge in [-0.2, -0.15) is 0 Å². The molecular formula is C32H35N3O3S. The molecule has 0 bridgehead atoms. The Labute approximate surface area is 233 Å². The van der Waals surface area contributed by atoms with Crippen molar-refractivity contribution in [3.8, 4) is 0 Å². The highest BCUT2D eigenvalue weighted by molar-refractivity contribution is 7.16. The van der Waals surface area contributed by atoms with Crippen LogP contribution in [0.2, 0.25) is 0 Å². The first-order chi connectivity index (χ1) is 19.0. The van der Waals surface area contributed by atoms with Crippen LogP contribution in [-0.4, -0.2) is 29.3 Å². The SMILES string of the molecule is CCOC(=O)Cn1c(C)c(C=Nc2sc3c(c2C(=O)Nc2ccc(C)cc2)CCCCCC3)c2ccccc21. The molecule has 0 radical (unpaired) electrons. The fraction of sp³-hybridized carbons (Fsp3) is 0.344. The van der Waals surface area contributed by atoms with Gasteiger partial charge >= 0.3 is 5.97 Å². The van der Waals surface area contributed by atoms with E-state index < -0.39 is 0 Å². The van der Waals surface area contributed by atoms with E-state index in [1.807, 2.05) is 80.1 Å². The Bertz CT molecular complexity index is 1530. The molecule has 4 aromatic rings. The van der Waals surface area contributed by atoms with Gasteiger partial charge in [-0.05, 0) is 70.2 Å². The summed E-state index contributed by atoms with van der Waals surface area (Å²) in [7, 11) is 0. The van der Waals surface area contributed by atoms with E-state index in [2.05, 4.69) is 5.32 Å². The van der Waals surface area contributed by atoms with Crippen LogP contribution < -0.4 is 5.32 Å². The molecule has 0 saturated heterocycles. The van der Waals surface area contributed by atoms with Crippen molar-refractivity contribution < 1.29 is 14.3 Å². The summed E-state index contributed by atoms with van der Waals surface area (Å²) in [6.07, 6.45) is 8.37. The van der Waals surface area contributed by atoms with Crippen LogP contribution in [0.4, 0.5) is 10.7 Å². The fourth-order valence-electron chi connectivity index (χ4n) is 5.34. The molecule has 1 N–H and O–H groups in total. The van der Waals surface area contributed by atoms with E-state index in [1.54, 1.807) is 11.3 Å². The van der Waals surface area contributed by atoms with E-state index in [-0.39, 0.29) is 18.4 Å². The Morgan fingerprint density at radius 1 is 1.03 bits per heavy atom. The fourth-order valence-corrected chi connectivity index (χ4v) is 6.57. The van der Waals surface area contributed by atoms with Gasteiger partial charge < -0.3 is 14.6 Å². The van der Waals surface area contributed by atoms with E-state index in [0.717, 1.165) is 69.7 Å². The molecule has 1 aliphatic carbocycles. The molecule has 2 heterocycles. The predicted molar refractivity (Wildman–Crippen MR) is 160 cm³/mol. The summed E-state index contributed by atoms with van der Waals surface area (Å²) >= 11 is 1.64. The van der Waals surface area contributed by atoms with E-state index in [0.29, 0.717) is 12.2 Å². The number of anilines is 1. The Kier molecular flexibility index (Phi) is 8.27. The van der Waals surface area contributed by atoms with Gasteiger partial charge in [0.2, 0.25) is 0 Å². The van der Waals surface area contributed by atoms with Crippen molar-refractivity contribution in [1.29, 1.82) is 0 Å². The lowest BCUT2D eigenvalue weighted by Gasteiger charge is -2.12. The minimum absolute atomic E-state index is 0.106. The highest BCUT2D eigenvalue weighted by Crippen LogP contribution is 2.39. The molecule has 39 heavy (non-hydrogen) atoms. The van der Waals surface area contributed by atoms with Crippen LogP contribution in [0.5, 0.6) is 0 Å². The number of fused-ring (bicyclic) bond motifs is 2. The Morgan fingerprint density at radius 3 is 2.54 bits per heavy atom. The summed E-state index contributed by atoms with van der Waals surface area (Å²) in [6, 6.07) is 15.9. The third kappa shape index (κ3) is 5.83. The summed E-state index contributed by atoms with van der Waals surface area (Å²) in [4.78, 5) is 32.3. The summed E-state index contributed by atoms with van der Waals surface area (Å²) in [5.41, 5.74) is 6.62. The molecular weight excluding hydrogens is 506 g/mol. The lowest BCUT2D eigenvalue weighted by atomic mass is 9.96. The first-order valence-corrected chi connectivity index (χ1v) is 14.6. The minimum Gasteiger partial charge on any atom is -0.465 e. The van der Waals surface area contributed by atoms with Crippen molar-refractivity contribution in [2.24, 2.45) is 4.99 Å². The smallest absolute Gasteiger partial charge is 0.325 e. The van der Waals surface area contributed by atoms with Gasteiger partial charge in [0.15, 0.2) is 0 Å². The first-order valence-electron chi connectivity index (χ1n) is 13.8. The molecule has 0 atom stereocenters. The maximum Gasteiger partial charge on any atom is 0.325 e. The van der Waals surface area contributed by atoms with Gasteiger partial charge in [-0.25, -0.2) is 4.99 Å². The number of esters is 1. The topological polar surface area (TPSA) is 72.7 Å². The van der Waals surface area contributed by atoms with Crippen molar-refractivity contribution in [1.82, 2.24) is 4.57 Å². The third-order valence-electron chi connectivity index (χ3n) is 7.37. The number of ether oxygens (including phenoxy) is 1. The number of hydrogen-bond acceptors (Lipinski definition) is 5. The van der Waals surface area contributed by atoms with Gasteiger partial charge in [-0.3, -0.25) is 9.59 Å². The number of para-hydroxylation sites is 1. The number of aromatic nitrogens is 1. The van der Waals surface area contributed by atoms with Crippen LogP contribution in [0.25, 0.3) is 10.9 Å². The number of nitrogens with one attached hydrogen (secondary N) is 1. The van der Waals surface area contributed by atoms with Crippen LogP contribution in [0.15, 0.2) is 53.5 Å². The number of carbonyl (C=O) groups is 2. The third-order valence-corrected chi connectivity index (χ3v) is 8.57. The summed E-state index contributed by atoms with van der Waals surface area (Å²) in [5, 5.41) is 4.87. The largest absolute Gasteiger partial charge is 0.465 e. The van der Waals surface area contributed by atoms with Crippen molar-refractivity contribution in [3.05, 3.63) is 81.4 Å². The molecule has 1 amide bonds. The number of carbonyl (C=O) groups excluding carboxylic acids is 2. The molecule has 0 spiro atoms. The van der Waals surface area contributed by atoms with Crippen LogP contribution >= 0.6 is 11.3 Å². The zero-order valence-electron chi connectivity index (χ0n) is 22.9. The summed E-state index contributed by atoms with van der Waals surface area (Å²) in [5.74, 6) is -0.372. The molecule has 7 heteroatoms. The van der Waals surface area contributed by atoms with Crippen LogP contribution in [0.3, 0.4) is 0 Å². The standard InChI is InChI=1S/C32H35N3O3S/c1-4-38-29(36)20-35-22(3)26(24-11-9-10-13-27(24)35)19-33-32-30(25-12-7-5-6-8-14-28(25)39-32)31(37)34-23-17-15-21(2)16-18-23/h9-11,13,15-19H,4-8,12,14,20H2,1-3H3,(H,34,37). The molecule has 1 aliphatic rings. The molecule has 0 saturated carbocycles. The number of hydrogen-bond donors (Lipinski definition) is 1. The van der Waals surface area contributed by atoms with Crippen molar-refractivity contribution in [2.45, 2.75) is 65.8 Å². The van der Waals surface area contributed by atoms with Crippen molar-refractivity contribution in [2.75, 3.05) is 11.9 Å². The molecule has 0 fully saturated rings. The van der Waals surface area contributed by atoms with E-state index >= 15 is 0 Å². The number of aliphatic imine (C=N–C) groups is 1. The van der Waals surface area contributed by atoms with Crippen molar-refractivity contribution >= 4 is 51.0 Å². The second-order valence-electron chi connectivity index (χ2n) is 10.1. The number of aryl methyl sites for hydroxylation is 2. The lowest BCUT2D eigenvalue weighted by Crippen LogP contribution is -2.14. The van der Waals surface area contributed by atoms with Gasteiger partial charge in [0.1, 0.15) is 11.5 Å². The number of benzene rings is 2. The predicted octanol–water partition coefficient (Wildman–Crippen LogP) is 7.54. The van der Waals surface area contributed by atoms with Gasteiger partial charge in [0, 0.05) is 38.9 Å². The Balaban J connectivity index is 1.55. The molecule has 202 valence electrons. The molecule has 2 aromatic heterocycles.